The third-order valence-corrected chi connectivity index (χ3v) is 6.39. The molecule has 0 bridgehead atoms. The standard InChI is InChI=1S/C21H32N2O7S/c1-15(2)16(3)23-20(24)14-30-21(25)7-5-4-6-10-22-31(26,27)17-8-9-18-19(13-17)29-12-11-28-18/h8-9,13,15-16,22H,4-7,10-12,14H2,1-3H3,(H,23,24). The van der Waals surface area contributed by atoms with Crippen molar-refractivity contribution in [3.8, 4) is 11.5 Å². The summed E-state index contributed by atoms with van der Waals surface area (Å²) < 4.78 is 43.1. The quantitative estimate of drug-likeness (QED) is 0.365. The fraction of sp³-hybridized carbons (Fsp3) is 0.619. The Hall–Kier alpha value is -2.33. The summed E-state index contributed by atoms with van der Waals surface area (Å²) in [5, 5.41) is 2.77. The van der Waals surface area contributed by atoms with Gasteiger partial charge in [-0.05, 0) is 37.8 Å². The van der Waals surface area contributed by atoms with E-state index < -0.39 is 16.0 Å². The van der Waals surface area contributed by atoms with E-state index in [-0.39, 0.29) is 36.4 Å². The molecule has 0 radical (unpaired) electrons. The summed E-state index contributed by atoms with van der Waals surface area (Å²) in [6, 6.07) is 4.52. The van der Waals surface area contributed by atoms with Crippen molar-refractivity contribution in [2.75, 3.05) is 26.4 Å². The van der Waals surface area contributed by atoms with Crippen LogP contribution in [0, 0.1) is 5.92 Å². The number of nitrogens with one attached hydrogen (secondary N) is 2. The van der Waals surface area contributed by atoms with Crippen molar-refractivity contribution in [2.45, 2.75) is 57.4 Å². The number of sulfonamides is 1. The number of benzene rings is 1. The monoisotopic (exact) mass is 456 g/mol. The maximum absolute atomic E-state index is 12.4. The van der Waals surface area contributed by atoms with Crippen LogP contribution in [0.25, 0.3) is 0 Å². The van der Waals surface area contributed by atoms with Gasteiger partial charge in [0, 0.05) is 25.1 Å². The molecule has 174 valence electrons. The number of carbonyl (C=O) groups is 2. The fourth-order valence-corrected chi connectivity index (χ4v) is 3.82. The molecular formula is C21H32N2O7S. The molecule has 0 fully saturated rings. The lowest BCUT2D eigenvalue weighted by Gasteiger charge is -2.18. The van der Waals surface area contributed by atoms with E-state index in [2.05, 4.69) is 10.0 Å². The molecule has 2 N–H and O–H groups in total. The second kappa shape index (κ2) is 11.9. The third-order valence-electron chi connectivity index (χ3n) is 4.93. The first-order valence-electron chi connectivity index (χ1n) is 10.5. The molecule has 1 amide bonds. The first-order chi connectivity index (χ1) is 14.7. The van der Waals surface area contributed by atoms with Crippen LogP contribution in [0.3, 0.4) is 0 Å². The highest BCUT2D eigenvalue weighted by molar-refractivity contribution is 7.89. The van der Waals surface area contributed by atoms with Gasteiger partial charge in [-0.15, -0.1) is 0 Å². The van der Waals surface area contributed by atoms with Crippen molar-refractivity contribution in [2.24, 2.45) is 5.92 Å². The summed E-state index contributed by atoms with van der Waals surface area (Å²) >= 11 is 0. The molecule has 1 aromatic rings. The van der Waals surface area contributed by atoms with Crippen molar-refractivity contribution >= 4 is 21.9 Å². The average molecular weight is 457 g/mol. The van der Waals surface area contributed by atoms with Crippen LogP contribution >= 0.6 is 0 Å². The number of hydrogen-bond acceptors (Lipinski definition) is 7. The number of ether oxygens (including phenoxy) is 3. The number of fused-ring (bicyclic) bond motifs is 1. The van der Waals surface area contributed by atoms with Crippen LogP contribution in [0.15, 0.2) is 23.1 Å². The zero-order valence-electron chi connectivity index (χ0n) is 18.3. The van der Waals surface area contributed by atoms with Crippen LogP contribution < -0.4 is 19.5 Å². The second-order valence-corrected chi connectivity index (χ2v) is 9.54. The van der Waals surface area contributed by atoms with Crippen LogP contribution in [0.2, 0.25) is 0 Å². The summed E-state index contributed by atoms with van der Waals surface area (Å²) in [6.07, 6.45) is 1.95. The Morgan fingerprint density at radius 1 is 1.06 bits per heavy atom. The molecule has 0 aromatic heterocycles. The molecular weight excluding hydrogens is 424 g/mol. The molecule has 10 heteroatoms. The molecule has 1 aliphatic heterocycles. The van der Waals surface area contributed by atoms with Gasteiger partial charge in [0.25, 0.3) is 5.91 Å². The third kappa shape index (κ3) is 8.37. The highest BCUT2D eigenvalue weighted by atomic mass is 32.2. The Morgan fingerprint density at radius 2 is 1.77 bits per heavy atom. The van der Waals surface area contributed by atoms with E-state index in [0.29, 0.717) is 49.9 Å². The highest BCUT2D eigenvalue weighted by Crippen LogP contribution is 2.32. The van der Waals surface area contributed by atoms with Gasteiger partial charge < -0.3 is 19.5 Å². The summed E-state index contributed by atoms with van der Waals surface area (Å²) in [7, 11) is -3.65. The molecule has 0 saturated carbocycles. The predicted octanol–water partition coefficient (Wildman–Crippen LogP) is 2.00. The Bertz CT molecular complexity index is 855. The van der Waals surface area contributed by atoms with Crippen molar-refractivity contribution in [3.63, 3.8) is 0 Å². The summed E-state index contributed by atoms with van der Waals surface area (Å²) in [5.41, 5.74) is 0. The Balaban J connectivity index is 1.61. The van der Waals surface area contributed by atoms with Gasteiger partial charge in [0.2, 0.25) is 10.0 Å². The van der Waals surface area contributed by atoms with E-state index in [1.807, 2.05) is 20.8 Å². The minimum Gasteiger partial charge on any atom is -0.486 e. The number of amides is 1. The Morgan fingerprint density at radius 3 is 2.48 bits per heavy atom. The zero-order valence-corrected chi connectivity index (χ0v) is 19.1. The Kier molecular flexibility index (Phi) is 9.57. The van der Waals surface area contributed by atoms with Crippen LogP contribution in [0.4, 0.5) is 0 Å². The van der Waals surface area contributed by atoms with Gasteiger partial charge in [-0.25, -0.2) is 13.1 Å². The van der Waals surface area contributed by atoms with Crippen LogP contribution in [0.5, 0.6) is 11.5 Å². The molecule has 1 aliphatic rings. The molecule has 0 saturated heterocycles. The van der Waals surface area contributed by atoms with Gasteiger partial charge in [-0.3, -0.25) is 9.59 Å². The van der Waals surface area contributed by atoms with Gasteiger partial charge in [-0.1, -0.05) is 20.3 Å². The van der Waals surface area contributed by atoms with Crippen LogP contribution in [0.1, 0.15) is 46.5 Å². The molecule has 0 spiro atoms. The van der Waals surface area contributed by atoms with Crippen molar-refractivity contribution < 1.29 is 32.2 Å². The first-order valence-corrected chi connectivity index (χ1v) is 12.0. The molecule has 9 nitrogen and oxygen atoms in total. The lowest BCUT2D eigenvalue weighted by Crippen LogP contribution is -2.38. The Labute approximate surface area is 183 Å². The number of hydrogen-bond donors (Lipinski definition) is 2. The number of unbranched alkanes of at least 4 members (excludes halogenated alkanes) is 2. The topological polar surface area (TPSA) is 120 Å². The van der Waals surface area contributed by atoms with E-state index in [0.717, 1.165) is 0 Å². The maximum atomic E-state index is 12.4. The molecule has 0 aliphatic carbocycles. The van der Waals surface area contributed by atoms with E-state index in [4.69, 9.17) is 14.2 Å². The van der Waals surface area contributed by atoms with Gasteiger partial charge in [0.15, 0.2) is 18.1 Å². The van der Waals surface area contributed by atoms with E-state index in [1.165, 1.54) is 12.1 Å². The van der Waals surface area contributed by atoms with Crippen LogP contribution in [-0.2, 0) is 24.3 Å². The summed E-state index contributed by atoms with van der Waals surface area (Å²) in [4.78, 5) is 23.5. The molecule has 1 atom stereocenters. The predicted molar refractivity (Wildman–Crippen MR) is 114 cm³/mol. The number of esters is 1. The fourth-order valence-electron chi connectivity index (χ4n) is 2.73. The van der Waals surface area contributed by atoms with E-state index in [9.17, 15) is 18.0 Å². The van der Waals surface area contributed by atoms with Crippen molar-refractivity contribution in [3.05, 3.63) is 18.2 Å². The molecule has 31 heavy (non-hydrogen) atoms. The van der Waals surface area contributed by atoms with Gasteiger partial charge >= 0.3 is 5.97 Å². The summed E-state index contributed by atoms with van der Waals surface area (Å²) in [6.45, 7) is 6.67. The highest BCUT2D eigenvalue weighted by Gasteiger charge is 2.19. The van der Waals surface area contributed by atoms with Gasteiger partial charge in [0.05, 0.1) is 4.90 Å². The minimum atomic E-state index is -3.65. The molecule has 1 unspecified atom stereocenters. The average Bonchev–Trinajstić information content (AvgIpc) is 2.74. The number of carbonyl (C=O) groups excluding carboxylic acids is 2. The molecule has 1 aromatic carbocycles. The zero-order chi connectivity index (χ0) is 22.9. The molecule has 1 heterocycles. The largest absolute Gasteiger partial charge is 0.486 e. The van der Waals surface area contributed by atoms with Gasteiger partial charge in [-0.2, -0.15) is 0 Å². The van der Waals surface area contributed by atoms with Crippen molar-refractivity contribution in [1.82, 2.24) is 10.0 Å². The normalized spacial score (nSPS) is 14.2. The summed E-state index contributed by atoms with van der Waals surface area (Å²) in [5.74, 6) is 0.489. The molecule has 2 rings (SSSR count). The van der Waals surface area contributed by atoms with Crippen LogP contribution in [-0.4, -0.2) is 52.7 Å². The lowest BCUT2D eigenvalue weighted by molar-refractivity contribution is -0.148. The first kappa shape index (κ1) is 24.9. The van der Waals surface area contributed by atoms with Crippen molar-refractivity contribution in [1.29, 1.82) is 0 Å². The smallest absolute Gasteiger partial charge is 0.306 e. The minimum absolute atomic E-state index is 0.0112. The van der Waals surface area contributed by atoms with E-state index >= 15 is 0 Å². The SMILES string of the molecule is CC(C)C(C)NC(=O)COC(=O)CCCCCNS(=O)(=O)c1ccc2c(c1)OCCO2. The van der Waals surface area contributed by atoms with E-state index in [1.54, 1.807) is 6.07 Å². The second-order valence-electron chi connectivity index (χ2n) is 7.77. The number of rotatable bonds is 12. The lowest BCUT2D eigenvalue weighted by atomic mass is 10.1. The van der Waals surface area contributed by atoms with Gasteiger partial charge in [0.1, 0.15) is 13.2 Å². The maximum Gasteiger partial charge on any atom is 0.306 e.